The number of ether oxygens (including phenoxy) is 8. The Labute approximate surface area is 547 Å². The second-order valence-electron chi connectivity index (χ2n) is 21.7. The third-order valence-electron chi connectivity index (χ3n) is 11.7. The van der Waals surface area contributed by atoms with Crippen molar-refractivity contribution < 1.29 is 93.3 Å². The zero-order valence-electron chi connectivity index (χ0n) is 51.6. The van der Waals surface area contributed by atoms with Crippen LogP contribution in [-0.2, 0) is 36.8 Å². The highest BCUT2D eigenvalue weighted by Gasteiger charge is 2.46. The molecule has 0 spiro atoms. The molecule has 6 heterocycles. The lowest BCUT2D eigenvalue weighted by Crippen LogP contribution is -2.53. The van der Waals surface area contributed by atoms with Gasteiger partial charge < -0.3 is 68.9 Å². The van der Waals surface area contributed by atoms with E-state index in [1.165, 1.54) is 74.7 Å². The standard InChI is InChI=1S/C31H42FN6O9P.C23H26FN6O9P.CH4.I2/c1-29(2,3)46-48(40,47-30(4,5)6)44-17-38-26-20(45-31(7,8)27(38)39)12-13-23(36-26)35-25-19(32)16-33-28(37-25)34-18-14-21(41-9)24(43-11)22(15-18)42-10;1-23(2)21(31)30(11-38-40(32,33)34)20-14(39-23)6-7-17(28-20)27-19-13(24)10-25-22(29-19)26-12-8-15(35-3)18(37-5)16(9-12)36-4;;1-2/h12-16H,17H2,1-11H3,(H2,33,34,35,36,37);6-10H,11H2,1-5H3,(H2,32,33,34)(H2,25,26,27,28,29);1H4;. The van der Waals surface area contributed by atoms with Crippen molar-refractivity contribution in [2.75, 3.05) is 87.2 Å². The van der Waals surface area contributed by atoms with Crippen molar-refractivity contribution in [3.63, 3.8) is 0 Å². The number of rotatable bonds is 22. The van der Waals surface area contributed by atoms with E-state index in [1.54, 1.807) is 85.7 Å². The summed E-state index contributed by atoms with van der Waals surface area (Å²) in [7, 11) is -0.281. The molecule has 4 aromatic heterocycles. The molecule has 36 heteroatoms. The largest absolute Gasteiger partial charge is 0.493 e. The molecule has 30 nitrogen and oxygen atoms in total. The Balaban J connectivity index is 0.000000323. The smallest absolute Gasteiger partial charge is 0.477 e. The lowest BCUT2D eigenvalue weighted by Gasteiger charge is -2.38. The number of anilines is 10. The van der Waals surface area contributed by atoms with Crippen LogP contribution >= 0.6 is 52.9 Å². The van der Waals surface area contributed by atoms with Crippen molar-refractivity contribution in [1.82, 2.24) is 29.9 Å². The van der Waals surface area contributed by atoms with Crippen molar-refractivity contribution in [3.8, 4) is 46.0 Å². The second kappa shape index (κ2) is 30.6. The molecular formula is C55H72F2I2N12O18P2. The molecule has 6 aromatic rings. The van der Waals surface area contributed by atoms with E-state index in [-0.39, 0.29) is 65.7 Å². The minimum atomic E-state index is -4.91. The number of hydrogen-bond donors (Lipinski definition) is 6. The number of carbonyl (C=O) groups is 2. The van der Waals surface area contributed by atoms with Gasteiger partial charge in [0, 0.05) is 72.9 Å². The highest BCUT2D eigenvalue weighted by atomic mass is 128. The molecule has 0 unspecified atom stereocenters. The Morgan fingerprint density at radius 1 is 0.560 bits per heavy atom. The maximum absolute atomic E-state index is 15.0. The van der Waals surface area contributed by atoms with E-state index in [9.17, 15) is 27.5 Å². The quantitative estimate of drug-likeness (QED) is 0.0272. The van der Waals surface area contributed by atoms with Gasteiger partial charge in [-0.15, -0.1) is 0 Å². The van der Waals surface area contributed by atoms with Gasteiger partial charge in [-0.3, -0.25) is 37.5 Å². The summed E-state index contributed by atoms with van der Waals surface area (Å²) in [5, 5.41) is 11.4. The third kappa shape index (κ3) is 19.5. The van der Waals surface area contributed by atoms with Crippen LogP contribution in [0.2, 0.25) is 0 Å². The fourth-order valence-corrected chi connectivity index (χ4v) is 10.1. The van der Waals surface area contributed by atoms with E-state index in [4.69, 9.17) is 61.3 Å². The summed E-state index contributed by atoms with van der Waals surface area (Å²) in [5.74, 6) is -0.537. The predicted octanol–water partition coefficient (Wildman–Crippen LogP) is 12.2. The average molecular weight is 1540 g/mol. The van der Waals surface area contributed by atoms with E-state index in [0.717, 1.165) is 22.2 Å². The molecule has 2 aliphatic heterocycles. The molecule has 0 saturated carbocycles. The first-order valence-electron chi connectivity index (χ1n) is 26.4. The van der Waals surface area contributed by atoms with Crippen molar-refractivity contribution in [1.29, 1.82) is 0 Å². The van der Waals surface area contributed by atoms with E-state index in [1.807, 2.05) is 0 Å². The molecule has 2 amide bonds. The molecule has 0 saturated heterocycles. The van der Waals surface area contributed by atoms with Gasteiger partial charge in [0.25, 0.3) is 11.8 Å². The van der Waals surface area contributed by atoms with Crippen LogP contribution in [0.3, 0.4) is 0 Å². The van der Waals surface area contributed by atoms with Gasteiger partial charge in [0.15, 0.2) is 80.6 Å². The van der Waals surface area contributed by atoms with Gasteiger partial charge in [0.05, 0.1) is 66.3 Å². The molecule has 8 rings (SSSR count). The Morgan fingerprint density at radius 3 is 1.21 bits per heavy atom. The molecule has 0 atom stereocenters. The number of nitrogens with one attached hydrogen (secondary N) is 4. The molecule has 91 heavy (non-hydrogen) atoms. The van der Waals surface area contributed by atoms with Crippen molar-refractivity contribution in [2.24, 2.45) is 0 Å². The van der Waals surface area contributed by atoms with Crippen LogP contribution in [0.4, 0.5) is 67.0 Å². The zero-order chi connectivity index (χ0) is 66.9. The highest BCUT2D eigenvalue weighted by molar-refractivity contribution is 15.0. The van der Waals surface area contributed by atoms with Crippen molar-refractivity contribution >= 4 is 123 Å². The Kier molecular flexibility index (Phi) is 25.1. The molecule has 498 valence electrons. The van der Waals surface area contributed by atoms with E-state index < -0.39 is 75.0 Å². The number of fused-ring (bicyclic) bond motifs is 2. The van der Waals surface area contributed by atoms with Gasteiger partial charge in [-0.05, 0) is 93.5 Å². The van der Waals surface area contributed by atoms with Crippen LogP contribution < -0.4 is 69.0 Å². The second-order valence-corrected chi connectivity index (χ2v) is 24.5. The number of phosphoric ester groups is 2. The lowest BCUT2D eigenvalue weighted by atomic mass is 10.1. The summed E-state index contributed by atoms with van der Waals surface area (Å²) in [5.41, 5.74) is -3.55. The zero-order valence-corrected chi connectivity index (χ0v) is 57.7. The molecule has 2 aliphatic rings. The number of hydrogen-bond acceptors (Lipinski definition) is 26. The van der Waals surface area contributed by atoms with Gasteiger partial charge in [0.2, 0.25) is 23.4 Å². The SMILES string of the molecule is C.COc1cc(Nc2ncc(F)c(Nc3ccc4c(n3)N(COP(=O)(O)O)C(=O)C(C)(C)O4)n2)cc(OC)c1OC.COc1cc(Nc2ncc(F)c(Nc3ccc4c(n3)N(COP(=O)(OC(C)(C)C)OC(C)(C)C)C(=O)C(C)(C)O4)n2)cc(OC)c1OC.II. The van der Waals surface area contributed by atoms with Gasteiger partial charge >= 0.3 is 15.6 Å². The van der Waals surface area contributed by atoms with Gasteiger partial charge in [-0.25, -0.2) is 37.8 Å². The molecule has 0 radical (unpaired) electrons. The monoisotopic (exact) mass is 1540 g/mol. The summed E-state index contributed by atoms with van der Waals surface area (Å²) < 4.78 is 120. The number of amides is 2. The van der Waals surface area contributed by atoms with Crippen LogP contribution in [0, 0.1) is 11.6 Å². The minimum absolute atomic E-state index is 0. The molecular weight excluding hydrogens is 1470 g/mol. The van der Waals surface area contributed by atoms with Crippen molar-refractivity contribution in [2.45, 2.75) is 99.1 Å². The number of nitrogens with zero attached hydrogens (tertiary/aromatic N) is 8. The van der Waals surface area contributed by atoms with E-state index >= 15 is 0 Å². The first-order valence-corrected chi connectivity index (χ1v) is 35.7. The lowest BCUT2D eigenvalue weighted by molar-refractivity contribution is -0.134. The highest BCUT2D eigenvalue weighted by Crippen LogP contribution is 2.56. The fraction of sp³-hybridized carbons (Fsp3) is 0.418. The summed E-state index contributed by atoms with van der Waals surface area (Å²) >= 11 is 4.24. The topological polar surface area (TPSA) is 351 Å². The molecule has 2 aromatic carbocycles. The number of pyridine rings is 2. The molecule has 6 N–H and O–H groups in total. The summed E-state index contributed by atoms with van der Waals surface area (Å²) in [4.78, 5) is 71.9. The fourth-order valence-electron chi connectivity index (χ4n) is 8.12. The van der Waals surface area contributed by atoms with Gasteiger partial charge in [0.1, 0.15) is 25.1 Å². The molecule has 0 aliphatic carbocycles. The maximum atomic E-state index is 15.0. The summed E-state index contributed by atoms with van der Waals surface area (Å²) in [6.07, 6.45) is 1.91. The maximum Gasteiger partial charge on any atom is 0.477 e. The number of halogens is 4. The summed E-state index contributed by atoms with van der Waals surface area (Å²) in [6, 6.07) is 12.5. The number of phosphoric acid groups is 2. The van der Waals surface area contributed by atoms with E-state index in [0.29, 0.717) is 45.9 Å². The first-order chi connectivity index (χ1) is 42.1. The van der Waals surface area contributed by atoms with Crippen LogP contribution in [0.5, 0.6) is 46.0 Å². The number of aromatic nitrogens is 6. The molecule has 0 fully saturated rings. The van der Waals surface area contributed by atoms with Crippen LogP contribution in [0.25, 0.3) is 0 Å². The normalized spacial score (nSPS) is 14.0. The van der Waals surface area contributed by atoms with Crippen LogP contribution in [0.15, 0.2) is 60.9 Å². The van der Waals surface area contributed by atoms with Gasteiger partial charge in [-0.2, -0.15) is 9.97 Å². The van der Waals surface area contributed by atoms with Crippen molar-refractivity contribution in [3.05, 3.63) is 72.6 Å². The van der Waals surface area contributed by atoms with Crippen LogP contribution in [-0.4, -0.2) is 130 Å². The number of methoxy groups -OCH3 is 6. The average Bonchev–Trinajstić information content (AvgIpc) is 0.777. The Morgan fingerprint density at radius 2 is 0.901 bits per heavy atom. The third-order valence-corrected chi connectivity index (χ3v) is 14.2. The Hall–Kier alpha value is -7.02. The predicted molar refractivity (Wildman–Crippen MR) is 350 cm³/mol. The minimum Gasteiger partial charge on any atom is -0.493 e. The summed E-state index contributed by atoms with van der Waals surface area (Å²) in [6.45, 7) is 15.0. The first kappa shape index (κ1) is 74.7. The van der Waals surface area contributed by atoms with Crippen LogP contribution in [0.1, 0.15) is 76.7 Å². The van der Waals surface area contributed by atoms with Gasteiger partial charge in [-0.1, -0.05) is 7.43 Å². The van der Waals surface area contributed by atoms with E-state index in [2.05, 4.69) is 92.9 Å². The Bertz CT molecular complexity index is 3610. The number of carbonyl (C=O) groups excluding carboxylic acids is 2. The molecule has 0 bridgehead atoms. The number of benzene rings is 2.